The zero-order valence-corrected chi connectivity index (χ0v) is 16.4. The van der Waals surface area contributed by atoms with Crippen molar-refractivity contribution in [2.24, 2.45) is 0 Å². The lowest BCUT2D eigenvalue weighted by molar-refractivity contribution is 0.200. The third-order valence-electron chi connectivity index (χ3n) is 6.11. The van der Waals surface area contributed by atoms with Gasteiger partial charge in [-0.1, -0.05) is 0 Å². The summed E-state index contributed by atoms with van der Waals surface area (Å²) in [6.45, 7) is 8.89. The summed E-state index contributed by atoms with van der Waals surface area (Å²) in [6, 6.07) is 2.20. The Morgan fingerprint density at radius 2 is 1.85 bits per heavy atom. The van der Waals surface area contributed by atoms with Crippen LogP contribution >= 0.6 is 0 Å². The van der Waals surface area contributed by atoms with E-state index in [1.165, 1.54) is 18.5 Å². The lowest BCUT2D eigenvalue weighted by Gasteiger charge is -2.32. The van der Waals surface area contributed by atoms with Gasteiger partial charge in [0.25, 0.3) is 0 Å². The van der Waals surface area contributed by atoms with Gasteiger partial charge in [0, 0.05) is 60.3 Å². The first-order valence-corrected chi connectivity index (χ1v) is 10.1. The van der Waals surface area contributed by atoms with Crippen molar-refractivity contribution in [1.29, 1.82) is 0 Å². The summed E-state index contributed by atoms with van der Waals surface area (Å²) in [5.74, 6) is 1.59. The fourth-order valence-corrected chi connectivity index (χ4v) is 4.28. The Kier molecular flexibility index (Phi) is 5.25. The first-order chi connectivity index (χ1) is 13.1. The first kappa shape index (κ1) is 18.2. The second kappa shape index (κ2) is 7.80. The lowest BCUT2D eigenvalue weighted by atomic mass is 9.93. The molecule has 2 saturated heterocycles. The summed E-state index contributed by atoms with van der Waals surface area (Å²) in [7, 11) is 0. The van der Waals surface area contributed by atoms with Gasteiger partial charge in [0.1, 0.15) is 12.1 Å². The quantitative estimate of drug-likeness (QED) is 0.900. The van der Waals surface area contributed by atoms with Gasteiger partial charge in [-0.25, -0.2) is 9.97 Å². The average molecular weight is 367 g/mol. The minimum absolute atomic E-state index is 0.161. The van der Waals surface area contributed by atoms with E-state index >= 15 is 0 Å². The van der Waals surface area contributed by atoms with Crippen molar-refractivity contribution in [2.45, 2.75) is 52.0 Å². The molecule has 4 heterocycles. The largest absolute Gasteiger partial charge is 0.363 e. The first-order valence-electron chi connectivity index (χ1n) is 10.1. The third-order valence-corrected chi connectivity index (χ3v) is 6.11. The Hall–Kier alpha value is -2.21. The summed E-state index contributed by atoms with van der Waals surface area (Å²) in [4.78, 5) is 29.3. The van der Waals surface area contributed by atoms with Gasteiger partial charge < -0.3 is 9.88 Å². The van der Waals surface area contributed by atoms with Crippen molar-refractivity contribution in [2.75, 3.05) is 31.1 Å². The van der Waals surface area contributed by atoms with E-state index in [4.69, 9.17) is 0 Å². The van der Waals surface area contributed by atoms with Crippen LogP contribution in [0.2, 0.25) is 0 Å². The predicted molar refractivity (Wildman–Crippen MR) is 107 cm³/mol. The number of H-pyrrole nitrogens is 1. The second-order valence-electron chi connectivity index (χ2n) is 7.95. The van der Waals surface area contributed by atoms with Gasteiger partial charge in [0.05, 0.1) is 0 Å². The van der Waals surface area contributed by atoms with Gasteiger partial charge in [-0.05, 0) is 52.6 Å². The molecule has 0 spiro atoms. The van der Waals surface area contributed by atoms with Gasteiger partial charge in [0.15, 0.2) is 5.43 Å². The number of aromatic amines is 1. The Bertz CT molecular complexity index is 848. The molecule has 2 aromatic heterocycles. The number of hydrogen-bond donors (Lipinski definition) is 1. The zero-order chi connectivity index (χ0) is 18.8. The third kappa shape index (κ3) is 3.90. The van der Waals surface area contributed by atoms with Crippen molar-refractivity contribution in [3.8, 4) is 0 Å². The van der Waals surface area contributed by atoms with Crippen molar-refractivity contribution in [3.63, 3.8) is 0 Å². The number of aromatic nitrogens is 3. The van der Waals surface area contributed by atoms with E-state index in [0.717, 1.165) is 68.2 Å². The summed E-state index contributed by atoms with van der Waals surface area (Å²) in [5, 5.41) is 0. The van der Waals surface area contributed by atoms with Crippen LogP contribution in [-0.2, 0) is 6.54 Å². The molecule has 2 aliphatic heterocycles. The summed E-state index contributed by atoms with van der Waals surface area (Å²) in [5.41, 5.74) is 4.03. The fraction of sp³-hybridized carbons (Fsp3) is 0.571. The summed E-state index contributed by atoms with van der Waals surface area (Å²) in [6.07, 6.45) is 8.29. The molecule has 2 aliphatic rings. The lowest BCUT2D eigenvalue weighted by Crippen LogP contribution is -2.34. The maximum atomic E-state index is 12.2. The highest BCUT2D eigenvalue weighted by molar-refractivity contribution is 5.40. The van der Waals surface area contributed by atoms with Crippen LogP contribution in [0.15, 0.2) is 23.4 Å². The predicted octanol–water partition coefficient (Wildman–Crippen LogP) is 2.76. The summed E-state index contributed by atoms with van der Waals surface area (Å²) < 4.78 is 0. The molecule has 1 N–H and O–H groups in total. The SMILES string of the molecule is Cc1c[nH]c(CN2CCC(c3cc(N4CCCC4)ncn3)CC2)c(C)c1=O. The highest BCUT2D eigenvalue weighted by Gasteiger charge is 2.24. The van der Waals surface area contributed by atoms with Crippen LogP contribution < -0.4 is 10.3 Å². The molecule has 27 heavy (non-hydrogen) atoms. The van der Waals surface area contributed by atoms with Crippen molar-refractivity contribution in [3.05, 3.63) is 51.3 Å². The Labute approximate surface area is 160 Å². The monoisotopic (exact) mass is 367 g/mol. The standard InChI is InChI=1S/C21H29N5O/c1-15-12-22-19(16(2)21(15)27)13-25-9-5-17(6-10-25)18-11-20(24-14-23-18)26-7-3-4-8-26/h11-12,14,17H,3-10,13H2,1-2H3,(H,22,27). The normalized spacial score (nSPS) is 19.0. The van der Waals surface area contributed by atoms with E-state index in [2.05, 4.69) is 30.8 Å². The Balaban J connectivity index is 1.38. The fourth-order valence-electron chi connectivity index (χ4n) is 4.28. The minimum Gasteiger partial charge on any atom is -0.363 e. The van der Waals surface area contributed by atoms with Gasteiger partial charge in [-0.2, -0.15) is 0 Å². The summed E-state index contributed by atoms with van der Waals surface area (Å²) >= 11 is 0. The number of anilines is 1. The second-order valence-corrected chi connectivity index (χ2v) is 7.95. The molecule has 0 aliphatic carbocycles. The molecule has 0 saturated carbocycles. The molecule has 0 amide bonds. The van der Waals surface area contributed by atoms with Gasteiger partial charge in [-0.3, -0.25) is 9.69 Å². The van der Waals surface area contributed by atoms with Crippen LogP contribution in [0.1, 0.15) is 54.1 Å². The number of pyridine rings is 1. The van der Waals surface area contributed by atoms with Crippen LogP contribution in [0.4, 0.5) is 5.82 Å². The van der Waals surface area contributed by atoms with Crippen molar-refractivity contribution < 1.29 is 0 Å². The van der Waals surface area contributed by atoms with E-state index in [1.807, 2.05) is 20.0 Å². The molecule has 2 aromatic rings. The smallest absolute Gasteiger partial charge is 0.187 e. The van der Waals surface area contributed by atoms with Crippen LogP contribution in [0.25, 0.3) is 0 Å². The van der Waals surface area contributed by atoms with Crippen LogP contribution in [0, 0.1) is 13.8 Å². The number of likely N-dealkylation sites (tertiary alicyclic amines) is 1. The van der Waals surface area contributed by atoms with Crippen molar-refractivity contribution in [1.82, 2.24) is 19.9 Å². The molecule has 0 radical (unpaired) electrons. The molecule has 0 aromatic carbocycles. The molecule has 0 unspecified atom stereocenters. The molecule has 144 valence electrons. The molecule has 6 nitrogen and oxygen atoms in total. The molecular formula is C21H29N5O. The topological polar surface area (TPSA) is 65.1 Å². The number of hydrogen-bond acceptors (Lipinski definition) is 5. The highest BCUT2D eigenvalue weighted by Crippen LogP contribution is 2.29. The van der Waals surface area contributed by atoms with Crippen LogP contribution in [0.5, 0.6) is 0 Å². The maximum absolute atomic E-state index is 12.2. The Morgan fingerprint density at radius 1 is 1.11 bits per heavy atom. The average Bonchev–Trinajstić information content (AvgIpc) is 3.24. The highest BCUT2D eigenvalue weighted by atomic mass is 16.1. The van der Waals surface area contributed by atoms with Gasteiger partial charge in [-0.15, -0.1) is 0 Å². The van der Waals surface area contributed by atoms with E-state index in [1.54, 1.807) is 6.33 Å². The Morgan fingerprint density at radius 3 is 2.59 bits per heavy atom. The zero-order valence-electron chi connectivity index (χ0n) is 16.4. The maximum Gasteiger partial charge on any atom is 0.187 e. The molecule has 4 rings (SSSR count). The molecule has 6 heteroatoms. The van der Waals surface area contributed by atoms with Gasteiger partial charge in [0.2, 0.25) is 0 Å². The number of piperidine rings is 1. The number of aryl methyl sites for hydroxylation is 1. The van der Waals surface area contributed by atoms with E-state index < -0.39 is 0 Å². The molecule has 2 fully saturated rings. The van der Waals surface area contributed by atoms with Crippen LogP contribution in [0.3, 0.4) is 0 Å². The number of nitrogens with zero attached hydrogens (tertiary/aromatic N) is 4. The van der Waals surface area contributed by atoms with E-state index in [0.29, 0.717) is 5.92 Å². The molecular weight excluding hydrogens is 338 g/mol. The van der Waals surface area contributed by atoms with E-state index in [-0.39, 0.29) is 5.43 Å². The van der Waals surface area contributed by atoms with Gasteiger partial charge >= 0.3 is 0 Å². The van der Waals surface area contributed by atoms with Crippen molar-refractivity contribution >= 4 is 5.82 Å². The van der Waals surface area contributed by atoms with E-state index in [9.17, 15) is 4.79 Å². The minimum atomic E-state index is 0.161. The van der Waals surface area contributed by atoms with Crippen LogP contribution in [-0.4, -0.2) is 46.0 Å². The molecule has 0 bridgehead atoms. The molecule has 0 atom stereocenters. The number of rotatable bonds is 4. The number of nitrogens with one attached hydrogen (secondary N) is 1.